The molecule has 3 heterocycles. The van der Waals surface area contributed by atoms with Crippen LogP contribution in [0, 0.1) is 33.6 Å². The number of hydrogen-bond donors (Lipinski definition) is 1. The average Bonchev–Trinajstić information content (AvgIpc) is 3.09. The van der Waals surface area contributed by atoms with Gasteiger partial charge in [-0.2, -0.15) is 5.10 Å². The van der Waals surface area contributed by atoms with Crippen LogP contribution in [0.2, 0.25) is 0 Å². The summed E-state index contributed by atoms with van der Waals surface area (Å²) in [5, 5.41) is 16.3. The van der Waals surface area contributed by atoms with Crippen LogP contribution in [-0.2, 0) is 4.79 Å². The van der Waals surface area contributed by atoms with Crippen molar-refractivity contribution >= 4 is 17.4 Å². The Balaban J connectivity index is 1.36. The van der Waals surface area contributed by atoms with Crippen molar-refractivity contribution < 1.29 is 4.79 Å². The maximum absolute atomic E-state index is 12.7. The molecule has 7 heteroatoms. The summed E-state index contributed by atoms with van der Waals surface area (Å²) in [6, 6.07) is 12.1. The Kier molecular flexibility index (Phi) is 5.53. The normalized spacial score (nSPS) is 14.7. The molecule has 1 N–H and O–H groups in total. The highest BCUT2D eigenvalue weighted by Crippen LogP contribution is 2.24. The molecule has 0 saturated carbocycles. The lowest BCUT2D eigenvalue weighted by atomic mass is 9.95. The molecule has 156 valence electrons. The second-order valence-corrected chi connectivity index (χ2v) is 8.16. The first-order chi connectivity index (χ1) is 14.4. The molecule has 0 radical (unpaired) electrons. The molecule has 0 bridgehead atoms. The summed E-state index contributed by atoms with van der Waals surface area (Å²) in [5.41, 5.74) is 5.13. The lowest BCUT2D eigenvalue weighted by Gasteiger charge is -2.32. The number of benzene rings is 1. The lowest BCUT2D eigenvalue weighted by molar-refractivity contribution is -0.120. The molecule has 1 aliphatic heterocycles. The highest BCUT2D eigenvalue weighted by atomic mass is 16.1. The Morgan fingerprint density at radius 2 is 1.67 bits per heavy atom. The quantitative estimate of drug-likeness (QED) is 0.717. The van der Waals surface area contributed by atoms with Crippen molar-refractivity contribution in [3.05, 3.63) is 58.9 Å². The molecule has 4 rings (SSSR count). The highest BCUT2D eigenvalue weighted by molar-refractivity contribution is 5.93. The summed E-state index contributed by atoms with van der Waals surface area (Å²) >= 11 is 0. The maximum Gasteiger partial charge on any atom is 0.227 e. The standard InChI is InChI=1S/C23H28N6O/c1-15-5-6-16(2)20(13-15)24-23(30)19-9-11-28(12-10-19)21-7-8-22(26-25-21)29-18(4)14-17(3)27-29/h5-8,13-14,19H,9-12H2,1-4H3,(H,24,30). The van der Waals surface area contributed by atoms with Gasteiger partial charge in [0.15, 0.2) is 11.6 Å². The molecule has 1 saturated heterocycles. The van der Waals surface area contributed by atoms with Crippen LogP contribution in [0.1, 0.15) is 35.4 Å². The molecular formula is C23H28N6O. The Morgan fingerprint density at radius 3 is 2.30 bits per heavy atom. The minimum Gasteiger partial charge on any atom is -0.355 e. The fourth-order valence-corrected chi connectivity index (χ4v) is 3.94. The number of rotatable bonds is 4. The molecule has 0 atom stereocenters. The monoisotopic (exact) mass is 404 g/mol. The van der Waals surface area contributed by atoms with Crippen LogP contribution in [0.3, 0.4) is 0 Å². The second-order valence-electron chi connectivity index (χ2n) is 8.16. The highest BCUT2D eigenvalue weighted by Gasteiger charge is 2.26. The van der Waals surface area contributed by atoms with Gasteiger partial charge in [-0.25, -0.2) is 4.68 Å². The third kappa shape index (κ3) is 4.20. The van der Waals surface area contributed by atoms with Crippen LogP contribution < -0.4 is 10.2 Å². The van der Waals surface area contributed by atoms with Crippen LogP contribution in [0.5, 0.6) is 0 Å². The Hall–Kier alpha value is -3.22. The summed E-state index contributed by atoms with van der Waals surface area (Å²) in [6.07, 6.45) is 1.61. The van der Waals surface area contributed by atoms with E-state index in [2.05, 4.69) is 31.6 Å². The third-order valence-corrected chi connectivity index (χ3v) is 5.70. The van der Waals surface area contributed by atoms with Gasteiger partial charge in [0, 0.05) is 30.4 Å². The van der Waals surface area contributed by atoms with Crippen LogP contribution in [0.4, 0.5) is 11.5 Å². The molecule has 1 fully saturated rings. The smallest absolute Gasteiger partial charge is 0.227 e. The first-order valence-corrected chi connectivity index (χ1v) is 10.4. The predicted molar refractivity (Wildman–Crippen MR) is 118 cm³/mol. The predicted octanol–water partition coefficient (Wildman–Crippen LogP) is 3.75. The van der Waals surface area contributed by atoms with Crippen molar-refractivity contribution in [3.8, 4) is 5.82 Å². The molecule has 0 aliphatic carbocycles. The van der Waals surface area contributed by atoms with Gasteiger partial charge in [0.05, 0.1) is 5.69 Å². The van der Waals surface area contributed by atoms with Crippen LogP contribution in [0.25, 0.3) is 5.82 Å². The summed E-state index contributed by atoms with van der Waals surface area (Å²) in [6.45, 7) is 9.61. The minimum absolute atomic E-state index is 0.0168. The number of piperidine rings is 1. The van der Waals surface area contributed by atoms with Gasteiger partial charge >= 0.3 is 0 Å². The van der Waals surface area contributed by atoms with Gasteiger partial charge in [0.1, 0.15) is 0 Å². The number of aryl methyl sites for hydroxylation is 4. The van der Waals surface area contributed by atoms with Crippen molar-refractivity contribution in [2.75, 3.05) is 23.3 Å². The van der Waals surface area contributed by atoms with E-state index in [0.29, 0.717) is 5.82 Å². The van der Waals surface area contributed by atoms with Crippen molar-refractivity contribution in [1.82, 2.24) is 20.0 Å². The number of nitrogens with zero attached hydrogens (tertiary/aromatic N) is 5. The Labute approximate surface area is 177 Å². The van der Waals surface area contributed by atoms with Gasteiger partial charge in [0.25, 0.3) is 0 Å². The molecule has 7 nitrogen and oxygen atoms in total. The van der Waals surface area contributed by atoms with Gasteiger partial charge in [-0.1, -0.05) is 12.1 Å². The molecule has 1 aliphatic rings. The first-order valence-electron chi connectivity index (χ1n) is 10.4. The Bertz CT molecular complexity index is 1050. The summed E-state index contributed by atoms with van der Waals surface area (Å²) in [5.74, 6) is 1.68. The number of amides is 1. The number of carbonyl (C=O) groups is 1. The summed E-state index contributed by atoms with van der Waals surface area (Å²) in [7, 11) is 0. The van der Waals surface area contributed by atoms with Crippen LogP contribution in [0.15, 0.2) is 36.4 Å². The van der Waals surface area contributed by atoms with E-state index < -0.39 is 0 Å². The molecule has 0 spiro atoms. The molecule has 1 aromatic carbocycles. The Morgan fingerprint density at radius 1 is 0.967 bits per heavy atom. The van der Waals surface area contributed by atoms with Crippen molar-refractivity contribution in [2.24, 2.45) is 5.92 Å². The zero-order valence-electron chi connectivity index (χ0n) is 18.0. The van der Waals surface area contributed by atoms with Crippen LogP contribution >= 0.6 is 0 Å². The minimum atomic E-state index is 0.0168. The zero-order chi connectivity index (χ0) is 21.3. The van der Waals surface area contributed by atoms with Crippen LogP contribution in [-0.4, -0.2) is 39.0 Å². The van der Waals surface area contributed by atoms with Crippen molar-refractivity contribution in [1.29, 1.82) is 0 Å². The van der Waals surface area contributed by atoms with Gasteiger partial charge in [-0.05, 0) is 75.9 Å². The molecular weight excluding hydrogens is 376 g/mol. The van der Waals surface area contributed by atoms with E-state index in [1.807, 2.05) is 58.0 Å². The SMILES string of the molecule is Cc1ccc(C)c(NC(=O)C2CCN(c3ccc(-n4nc(C)cc4C)nn3)CC2)c1. The van der Waals surface area contributed by atoms with Crippen molar-refractivity contribution in [3.63, 3.8) is 0 Å². The van der Waals surface area contributed by atoms with Gasteiger partial charge in [0.2, 0.25) is 5.91 Å². The van der Waals surface area contributed by atoms with Gasteiger partial charge in [-0.15, -0.1) is 10.2 Å². The number of nitrogens with one attached hydrogen (secondary N) is 1. The second kappa shape index (κ2) is 8.26. The third-order valence-electron chi connectivity index (χ3n) is 5.70. The molecule has 3 aromatic rings. The van der Waals surface area contributed by atoms with E-state index in [1.54, 1.807) is 4.68 Å². The topological polar surface area (TPSA) is 75.9 Å². The number of hydrogen-bond acceptors (Lipinski definition) is 5. The van der Waals surface area contributed by atoms with E-state index >= 15 is 0 Å². The van der Waals surface area contributed by atoms with E-state index in [1.165, 1.54) is 0 Å². The summed E-state index contributed by atoms with van der Waals surface area (Å²) < 4.78 is 1.80. The molecule has 1 amide bonds. The fraction of sp³-hybridized carbons (Fsp3) is 0.391. The average molecular weight is 405 g/mol. The zero-order valence-corrected chi connectivity index (χ0v) is 18.0. The van der Waals surface area contributed by atoms with Gasteiger partial charge < -0.3 is 10.2 Å². The molecule has 0 unspecified atom stereocenters. The van der Waals surface area contributed by atoms with E-state index in [4.69, 9.17) is 0 Å². The fourth-order valence-electron chi connectivity index (χ4n) is 3.94. The number of aromatic nitrogens is 4. The molecule has 2 aromatic heterocycles. The number of carbonyl (C=O) groups excluding carboxylic acids is 1. The lowest BCUT2D eigenvalue weighted by Crippen LogP contribution is -2.38. The molecule has 30 heavy (non-hydrogen) atoms. The van der Waals surface area contributed by atoms with Crippen molar-refractivity contribution in [2.45, 2.75) is 40.5 Å². The van der Waals surface area contributed by atoms with Gasteiger partial charge in [-0.3, -0.25) is 4.79 Å². The largest absolute Gasteiger partial charge is 0.355 e. The maximum atomic E-state index is 12.7. The number of anilines is 2. The first kappa shape index (κ1) is 20.1. The van der Waals surface area contributed by atoms with E-state index in [9.17, 15) is 4.79 Å². The summed E-state index contributed by atoms with van der Waals surface area (Å²) in [4.78, 5) is 14.9. The van der Waals surface area contributed by atoms with E-state index in [-0.39, 0.29) is 11.8 Å². The van der Waals surface area contributed by atoms with E-state index in [0.717, 1.165) is 60.0 Å².